The number of methoxy groups -OCH3 is 1. The normalized spacial score (nSPS) is 11.7. The second kappa shape index (κ2) is 9.09. The van der Waals surface area contributed by atoms with Gasteiger partial charge in [0.15, 0.2) is 0 Å². The number of nitrogens with one attached hydrogen (secondary N) is 1. The maximum absolute atomic E-state index is 14.6. The highest BCUT2D eigenvalue weighted by Crippen LogP contribution is 2.32. The van der Waals surface area contributed by atoms with Crippen LogP contribution < -0.4 is 10.1 Å². The summed E-state index contributed by atoms with van der Waals surface area (Å²) in [7, 11) is 1.57. The van der Waals surface area contributed by atoms with Gasteiger partial charge in [-0.25, -0.2) is 15.0 Å². The summed E-state index contributed by atoms with van der Waals surface area (Å²) in [6, 6.07) is 14.8. The predicted molar refractivity (Wildman–Crippen MR) is 112 cm³/mol. The first-order chi connectivity index (χ1) is 14.8. The Bertz CT molecular complexity index is 1120. The van der Waals surface area contributed by atoms with E-state index in [1.54, 1.807) is 44.0 Å². The summed E-state index contributed by atoms with van der Waals surface area (Å²) in [5, 5.41) is 3.29. The molecule has 1 atom stereocenters. The van der Waals surface area contributed by atoms with Gasteiger partial charge in [0.1, 0.15) is 11.5 Å². The Balaban J connectivity index is 1.72. The first-order valence-electron chi connectivity index (χ1n) is 9.46. The third-order valence-electron chi connectivity index (χ3n) is 4.78. The maximum Gasteiger partial charge on any atom is 0.237 e. The molecule has 6 nitrogen and oxygen atoms in total. The zero-order valence-corrected chi connectivity index (χ0v) is 16.4. The molecular formula is C23H20FN5O. The van der Waals surface area contributed by atoms with E-state index in [2.05, 4.69) is 25.3 Å². The Kier molecular flexibility index (Phi) is 5.89. The first kappa shape index (κ1) is 19.4. The molecule has 4 aromatic rings. The highest BCUT2D eigenvalue weighted by Gasteiger charge is 2.21. The molecule has 0 bridgehead atoms. The molecule has 150 valence electrons. The third kappa shape index (κ3) is 4.25. The van der Waals surface area contributed by atoms with Crippen LogP contribution in [-0.4, -0.2) is 27.0 Å². The number of anilines is 2. The van der Waals surface area contributed by atoms with Crippen molar-refractivity contribution in [1.82, 2.24) is 19.9 Å². The van der Waals surface area contributed by atoms with E-state index in [4.69, 9.17) is 4.74 Å². The number of nitrogens with zero attached hydrogens (tertiary/aromatic N) is 4. The van der Waals surface area contributed by atoms with Gasteiger partial charge in [0, 0.05) is 42.5 Å². The molecule has 1 unspecified atom stereocenters. The summed E-state index contributed by atoms with van der Waals surface area (Å²) in [6.07, 6.45) is 8.78. The zero-order valence-electron chi connectivity index (χ0n) is 16.4. The Morgan fingerprint density at radius 3 is 2.50 bits per heavy atom. The molecule has 0 radical (unpaired) electrons. The monoisotopic (exact) mass is 401 g/mol. The lowest BCUT2D eigenvalue weighted by Crippen LogP contribution is -2.11. The van der Waals surface area contributed by atoms with E-state index in [9.17, 15) is 4.39 Å². The largest absolute Gasteiger partial charge is 0.480 e. The van der Waals surface area contributed by atoms with Crippen LogP contribution >= 0.6 is 0 Å². The van der Waals surface area contributed by atoms with Crippen LogP contribution in [0.4, 0.5) is 15.9 Å². The lowest BCUT2D eigenvalue weighted by atomic mass is 9.87. The molecule has 4 aromatic heterocycles. The molecule has 0 aromatic carbocycles. The van der Waals surface area contributed by atoms with E-state index < -0.39 is 5.95 Å². The minimum absolute atomic E-state index is 0.270. The summed E-state index contributed by atoms with van der Waals surface area (Å²) in [5.74, 6) is 0.366. The van der Waals surface area contributed by atoms with Crippen LogP contribution in [0.5, 0.6) is 5.88 Å². The summed E-state index contributed by atoms with van der Waals surface area (Å²) < 4.78 is 19.9. The summed E-state index contributed by atoms with van der Waals surface area (Å²) in [4.78, 5) is 16.8. The van der Waals surface area contributed by atoms with E-state index in [1.165, 1.54) is 6.20 Å². The fraction of sp³-hybridized carbons (Fsp3) is 0.130. The quantitative estimate of drug-likeness (QED) is 0.459. The number of rotatable bonds is 7. The molecule has 0 aliphatic carbocycles. The average Bonchev–Trinajstić information content (AvgIpc) is 2.80. The molecule has 4 rings (SSSR count). The van der Waals surface area contributed by atoms with Gasteiger partial charge in [-0.15, -0.1) is 0 Å². The molecule has 0 aliphatic heterocycles. The van der Waals surface area contributed by atoms with Gasteiger partial charge in [-0.1, -0.05) is 18.2 Å². The molecule has 4 heterocycles. The zero-order chi connectivity index (χ0) is 20.8. The molecule has 0 saturated heterocycles. The Morgan fingerprint density at radius 1 is 0.933 bits per heavy atom. The van der Waals surface area contributed by atoms with E-state index in [1.807, 2.05) is 36.4 Å². The van der Waals surface area contributed by atoms with Crippen molar-refractivity contribution in [3.63, 3.8) is 0 Å². The van der Waals surface area contributed by atoms with Gasteiger partial charge in [-0.2, -0.15) is 4.39 Å². The lowest BCUT2D eigenvalue weighted by molar-refractivity contribution is 0.400. The van der Waals surface area contributed by atoms with Crippen LogP contribution in [-0.2, 0) is 6.42 Å². The molecule has 0 aliphatic rings. The van der Waals surface area contributed by atoms with Crippen LogP contribution in [0.15, 0.2) is 79.5 Å². The van der Waals surface area contributed by atoms with Crippen molar-refractivity contribution in [2.24, 2.45) is 0 Å². The Morgan fingerprint density at radius 2 is 1.70 bits per heavy atom. The molecule has 7 heteroatoms. The van der Waals surface area contributed by atoms with Crippen LogP contribution in [0.1, 0.15) is 22.6 Å². The fourth-order valence-corrected chi connectivity index (χ4v) is 3.36. The second-order valence-electron chi connectivity index (χ2n) is 6.62. The molecule has 30 heavy (non-hydrogen) atoms. The maximum atomic E-state index is 14.6. The number of pyridine rings is 4. The molecule has 0 fully saturated rings. The molecular weight excluding hydrogens is 381 g/mol. The van der Waals surface area contributed by atoms with Crippen molar-refractivity contribution in [2.45, 2.75) is 12.3 Å². The van der Waals surface area contributed by atoms with Crippen LogP contribution in [0.2, 0.25) is 0 Å². The molecule has 1 N–H and O–H groups in total. The van der Waals surface area contributed by atoms with Gasteiger partial charge in [0.05, 0.1) is 7.11 Å². The van der Waals surface area contributed by atoms with Crippen molar-refractivity contribution in [3.8, 4) is 5.88 Å². The van der Waals surface area contributed by atoms with E-state index in [0.717, 1.165) is 11.1 Å². The highest BCUT2D eigenvalue weighted by molar-refractivity contribution is 5.64. The predicted octanol–water partition coefficient (Wildman–Crippen LogP) is 4.53. The summed E-state index contributed by atoms with van der Waals surface area (Å²) in [6.45, 7) is 0. The third-order valence-corrected chi connectivity index (χ3v) is 4.78. The molecule has 0 saturated carbocycles. The van der Waals surface area contributed by atoms with E-state index in [0.29, 0.717) is 29.4 Å². The van der Waals surface area contributed by atoms with Crippen molar-refractivity contribution in [3.05, 3.63) is 102 Å². The Hall–Kier alpha value is -3.87. The minimum atomic E-state index is -0.487. The number of hydrogen-bond acceptors (Lipinski definition) is 6. The smallest absolute Gasteiger partial charge is 0.237 e. The van der Waals surface area contributed by atoms with Crippen molar-refractivity contribution in [1.29, 1.82) is 0 Å². The standard InChI is InChI=1S/C23H20FN5O/c1-30-23-20(9-5-13-28-23)29-22-16(6-3-12-27-22)14-19(17-7-2-10-25-15-17)18-8-4-11-26-21(18)24/h2-13,15,19H,14H2,1H3,(H,27,29). The van der Waals surface area contributed by atoms with Gasteiger partial charge >= 0.3 is 0 Å². The number of ether oxygens (including phenoxy) is 1. The van der Waals surface area contributed by atoms with Crippen LogP contribution in [0.25, 0.3) is 0 Å². The van der Waals surface area contributed by atoms with Crippen molar-refractivity contribution in [2.75, 3.05) is 12.4 Å². The first-order valence-corrected chi connectivity index (χ1v) is 9.46. The fourth-order valence-electron chi connectivity index (χ4n) is 3.36. The van der Waals surface area contributed by atoms with Crippen LogP contribution in [0, 0.1) is 5.95 Å². The van der Waals surface area contributed by atoms with Crippen LogP contribution in [0.3, 0.4) is 0 Å². The highest BCUT2D eigenvalue weighted by atomic mass is 19.1. The molecule has 0 amide bonds. The van der Waals surface area contributed by atoms with E-state index >= 15 is 0 Å². The van der Waals surface area contributed by atoms with Crippen molar-refractivity contribution >= 4 is 11.5 Å². The average molecular weight is 401 g/mol. The van der Waals surface area contributed by atoms with Gasteiger partial charge in [0.2, 0.25) is 11.8 Å². The van der Waals surface area contributed by atoms with Gasteiger partial charge in [0.25, 0.3) is 0 Å². The van der Waals surface area contributed by atoms with Gasteiger partial charge in [-0.3, -0.25) is 4.98 Å². The lowest BCUT2D eigenvalue weighted by Gasteiger charge is -2.20. The van der Waals surface area contributed by atoms with Gasteiger partial charge < -0.3 is 10.1 Å². The number of halogens is 1. The Labute approximate surface area is 173 Å². The number of hydrogen-bond donors (Lipinski definition) is 1. The van der Waals surface area contributed by atoms with E-state index in [-0.39, 0.29) is 5.92 Å². The SMILES string of the molecule is COc1ncccc1Nc1ncccc1CC(c1cccnc1)c1cccnc1F. The summed E-state index contributed by atoms with van der Waals surface area (Å²) in [5.41, 5.74) is 3.03. The van der Waals surface area contributed by atoms with Crippen molar-refractivity contribution < 1.29 is 9.13 Å². The topological polar surface area (TPSA) is 72.8 Å². The van der Waals surface area contributed by atoms with Gasteiger partial charge in [-0.05, 0) is 47.9 Å². The summed E-state index contributed by atoms with van der Waals surface area (Å²) >= 11 is 0. The number of aromatic nitrogens is 4. The second-order valence-corrected chi connectivity index (χ2v) is 6.62. The minimum Gasteiger partial charge on any atom is -0.480 e. The molecule has 0 spiro atoms.